The smallest absolute Gasteiger partial charge is 0.125 e. The second kappa shape index (κ2) is 5.40. The minimum atomic E-state index is -0.969. The molecule has 1 atom stereocenters. The van der Waals surface area contributed by atoms with Gasteiger partial charge in [0.15, 0.2) is 0 Å². The van der Waals surface area contributed by atoms with E-state index in [0.29, 0.717) is 17.0 Å². The Kier molecular flexibility index (Phi) is 3.85. The molecule has 0 fully saturated rings. The lowest BCUT2D eigenvalue weighted by atomic mass is 10.0. The predicted molar refractivity (Wildman–Crippen MR) is 69.6 cm³/mol. The quantitative estimate of drug-likeness (QED) is 0.921. The van der Waals surface area contributed by atoms with Crippen LogP contribution in [0.3, 0.4) is 0 Å². The summed E-state index contributed by atoms with van der Waals surface area (Å²) in [4.78, 5) is 0. The number of aromatic nitrogens is 2. The molecule has 5 heteroatoms. The molecule has 0 saturated carbocycles. The Morgan fingerprint density at radius 1 is 1.42 bits per heavy atom. The van der Waals surface area contributed by atoms with Crippen LogP contribution in [0.5, 0.6) is 5.75 Å². The number of rotatable bonds is 4. The highest BCUT2D eigenvalue weighted by Gasteiger charge is 2.20. The van der Waals surface area contributed by atoms with Crippen molar-refractivity contribution in [3.63, 3.8) is 0 Å². The zero-order valence-electron chi connectivity index (χ0n) is 11.2. The van der Waals surface area contributed by atoms with Crippen molar-refractivity contribution in [3.8, 4) is 5.75 Å². The fourth-order valence-electron chi connectivity index (χ4n) is 2.05. The van der Waals surface area contributed by atoms with Crippen LogP contribution in [0, 0.1) is 5.82 Å². The van der Waals surface area contributed by atoms with Crippen LogP contribution in [0.15, 0.2) is 24.3 Å². The third kappa shape index (κ3) is 2.61. The van der Waals surface area contributed by atoms with Crippen LogP contribution in [0.1, 0.15) is 30.0 Å². The highest BCUT2D eigenvalue weighted by molar-refractivity contribution is 5.39. The number of halogens is 1. The van der Waals surface area contributed by atoms with Crippen LogP contribution in [0.4, 0.5) is 4.39 Å². The van der Waals surface area contributed by atoms with Gasteiger partial charge < -0.3 is 9.84 Å². The summed E-state index contributed by atoms with van der Waals surface area (Å²) >= 11 is 0. The Labute approximate surface area is 111 Å². The van der Waals surface area contributed by atoms with Gasteiger partial charge in [0.25, 0.3) is 0 Å². The number of aliphatic hydroxyl groups excluding tert-OH is 1. The number of benzene rings is 1. The van der Waals surface area contributed by atoms with Gasteiger partial charge in [0.1, 0.15) is 17.7 Å². The maximum Gasteiger partial charge on any atom is 0.125 e. The molecule has 0 aliphatic rings. The van der Waals surface area contributed by atoms with Crippen molar-refractivity contribution < 1.29 is 14.2 Å². The molecule has 0 aliphatic carbocycles. The minimum Gasteiger partial charge on any atom is -0.496 e. The third-order valence-electron chi connectivity index (χ3n) is 3.10. The van der Waals surface area contributed by atoms with Crippen LogP contribution in [0.2, 0.25) is 0 Å². The third-order valence-corrected chi connectivity index (χ3v) is 3.10. The number of methoxy groups -OCH3 is 1. The van der Waals surface area contributed by atoms with Gasteiger partial charge in [0, 0.05) is 12.6 Å². The largest absolute Gasteiger partial charge is 0.496 e. The average Bonchev–Trinajstić information content (AvgIpc) is 2.79. The molecule has 102 valence electrons. The van der Waals surface area contributed by atoms with Crippen LogP contribution in [0.25, 0.3) is 0 Å². The van der Waals surface area contributed by atoms with Crippen LogP contribution in [-0.2, 0) is 13.5 Å². The second-order valence-electron chi connectivity index (χ2n) is 4.33. The van der Waals surface area contributed by atoms with E-state index in [1.54, 1.807) is 11.7 Å². The van der Waals surface area contributed by atoms with Gasteiger partial charge >= 0.3 is 0 Å². The van der Waals surface area contributed by atoms with Crippen molar-refractivity contribution in [1.82, 2.24) is 9.78 Å². The standard InChI is InChI=1S/C14H17FN2O2/c1-4-10-8-12(17(2)16-10)14(18)11-7-9(15)5-6-13(11)19-3/h5-8,14,18H,4H2,1-3H3. The lowest BCUT2D eigenvalue weighted by Crippen LogP contribution is -2.08. The van der Waals surface area contributed by atoms with E-state index in [1.165, 1.54) is 25.3 Å². The predicted octanol–water partition coefficient (Wildman–Crippen LogP) is 2.21. The molecular weight excluding hydrogens is 247 g/mol. The van der Waals surface area contributed by atoms with Crippen molar-refractivity contribution in [1.29, 1.82) is 0 Å². The van der Waals surface area contributed by atoms with E-state index in [4.69, 9.17) is 4.74 Å². The number of nitrogens with zero attached hydrogens (tertiary/aromatic N) is 2. The lowest BCUT2D eigenvalue weighted by Gasteiger charge is -2.15. The molecule has 0 amide bonds. The Hall–Kier alpha value is -1.88. The molecule has 4 nitrogen and oxygen atoms in total. The first-order chi connectivity index (χ1) is 9.06. The lowest BCUT2D eigenvalue weighted by molar-refractivity contribution is 0.204. The number of hydrogen-bond donors (Lipinski definition) is 1. The highest BCUT2D eigenvalue weighted by Crippen LogP contribution is 2.30. The summed E-state index contributed by atoms with van der Waals surface area (Å²) in [5.74, 6) is 0.0425. The molecule has 0 bridgehead atoms. The SMILES string of the molecule is CCc1cc(C(O)c2cc(F)ccc2OC)n(C)n1. The highest BCUT2D eigenvalue weighted by atomic mass is 19.1. The Balaban J connectivity index is 2.45. The van der Waals surface area contributed by atoms with E-state index in [-0.39, 0.29) is 0 Å². The van der Waals surface area contributed by atoms with Crippen LogP contribution >= 0.6 is 0 Å². The number of aliphatic hydroxyl groups is 1. The maximum absolute atomic E-state index is 13.3. The van der Waals surface area contributed by atoms with Crippen molar-refractivity contribution in [3.05, 3.63) is 47.0 Å². The van der Waals surface area contributed by atoms with Crippen molar-refractivity contribution in [2.24, 2.45) is 7.05 Å². The van der Waals surface area contributed by atoms with Gasteiger partial charge in [-0.05, 0) is 30.7 Å². The summed E-state index contributed by atoms with van der Waals surface area (Å²) in [7, 11) is 3.24. The zero-order chi connectivity index (χ0) is 14.0. The van der Waals surface area contributed by atoms with E-state index in [1.807, 2.05) is 13.0 Å². The fraction of sp³-hybridized carbons (Fsp3) is 0.357. The van der Waals surface area contributed by atoms with Crippen LogP contribution in [-0.4, -0.2) is 22.0 Å². The summed E-state index contributed by atoms with van der Waals surface area (Å²) in [5.41, 5.74) is 1.89. The second-order valence-corrected chi connectivity index (χ2v) is 4.33. The number of ether oxygens (including phenoxy) is 1. The van der Waals surface area contributed by atoms with E-state index in [9.17, 15) is 9.50 Å². The maximum atomic E-state index is 13.3. The first-order valence-electron chi connectivity index (χ1n) is 6.11. The number of hydrogen-bond acceptors (Lipinski definition) is 3. The zero-order valence-corrected chi connectivity index (χ0v) is 11.2. The molecule has 2 aromatic rings. The molecule has 0 radical (unpaired) electrons. The molecule has 0 spiro atoms. The summed E-state index contributed by atoms with van der Waals surface area (Å²) in [6.45, 7) is 1.99. The Bertz CT molecular complexity index is 581. The summed E-state index contributed by atoms with van der Waals surface area (Å²) < 4.78 is 20.1. The molecule has 1 aromatic heterocycles. The summed E-state index contributed by atoms with van der Waals surface area (Å²) in [5, 5.41) is 14.7. The summed E-state index contributed by atoms with van der Waals surface area (Å²) in [6.07, 6.45) is -0.190. The Morgan fingerprint density at radius 3 is 2.74 bits per heavy atom. The summed E-state index contributed by atoms with van der Waals surface area (Å²) in [6, 6.07) is 5.90. The molecule has 1 unspecified atom stereocenters. The van der Waals surface area contributed by atoms with Gasteiger partial charge in [0.2, 0.25) is 0 Å². The van der Waals surface area contributed by atoms with Gasteiger partial charge in [-0.3, -0.25) is 4.68 Å². The molecule has 1 N–H and O–H groups in total. The van der Waals surface area contributed by atoms with Crippen molar-refractivity contribution >= 4 is 0 Å². The molecule has 1 aromatic carbocycles. The molecule has 19 heavy (non-hydrogen) atoms. The van der Waals surface area contributed by atoms with Crippen molar-refractivity contribution in [2.75, 3.05) is 7.11 Å². The van der Waals surface area contributed by atoms with E-state index >= 15 is 0 Å². The molecule has 0 saturated heterocycles. The van der Waals surface area contributed by atoms with E-state index < -0.39 is 11.9 Å². The molecule has 2 rings (SSSR count). The van der Waals surface area contributed by atoms with Gasteiger partial charge in [-0.2, -0.15) is 5.10 Å². The molecular formula is C14H17FN2O2. The van der Waals surface area contributed by atoms with E-state index in [0.717, 1.165) is 12.1 Å². The van der Waals surface area contributed by atoms with Gasteiger partial charge in [-0.25, -0.2) is 4.39 Å². The van der Waals surface area contributed by atoms with Gasteiger partial charge in [0.05, 0.1) is 18.5 Å². The molecule has 1 heterocycles. The van der Waals surface area contributed by atoms with E-state index in [2.05, 4.69) is 5.10 Å². The normalized spacial score (nSPS) is 12.5. The molecule has 0 aliphatic heterocycles. The van der Waals surface area contributed by atoms with Crippen molar-refractivity contribution in [2.45, 2.75) is 19.4 Å². The number of aryl methyl sites for hydroxylation is 2. The topological polar surface area (TPSA) is 47.3 Å². The van der Waals surface area contributed by atoms with Gasteiger partial charge in [-0.1, -0.05) is 6.92 Å². The first kappa shape index (κ1) is 13.5. The Morgan fingerprint density at radius 2 is 2.16 bits per heavy atom. The average molecular weight is 264 g/mol. The minimum absolute atomic E-state index is 0.396. The first-order valence-corrected chi connectivity index (χ1v) is 6.11. The van der Waals surface area contributed by atoms with Crippen LogP contribution < -0.4 is 4.74 Å². The monoisotopic (exact) mass is 264 g/mol. The fourth-order valence-corrected chi connectivity index (χ4v) is 2.05. The van der Waals surface area contributed by atoms with Gasteiger partial charge in [-0.15, -0.1) is 0 Å².